The lowest BCUT2D eigenvalue weighted by Crippen LogP contribution is -2.39. The van der Waals surface area contributed by atoms with E-state index < -0.39 is 0 Å². The maximum absolute atomic E-state index is 9.30. The summed E-state index contributed by atoms with van der Waals surface area (Å²) in [5.41, 5.74) is 1.23. The third-order valence-corrected chi connectivity index (χ3v) is 4.58. The van der Waals surface area contributed by atoms with Crippen LogP contribution in [0.15, 0.2) is 12.3 Å². The van der Waals surface area contributed by atoms with Gasteiger partial charge in [0.2, 0.25) is 0 Å². The number of nitrogens with zero attached hydrogens (tertiary/aromatic N) is 3. The van der Waals surface area contributed by atoms with Crippen molar-refractivity contribution in [2.45, 2.75) is 51.6 Å². The Labute approximate surface area is 116 Å². The molecule has 1 aliphatic rings. The molecule has 0 atom stereocenters. The maximum Gasteiger partial charge on any atom is 0.0558 e. The highest BCUT2D eigenvalue weighted by Crippen LogP contribution is 2.30. The maximum atomic E-state index is 9.30. The molecule has 2 rings (SSSR count). The van der Waals surface area contributed by atoms with E-state index in [1.807, 2.05) is 17.9 Å². The second kappa shape index (κ2) is 7.06. The molecule has 108 valence electrons. The largest absolute Gasteiger partial charge is 0.395 e. The Morgan fingerprint density at radius 3 is 2.63 bits per heavy atom. The van der Waals surface area contributed by atoms with E-state index in [-0.39, 0.29) is 6.61 Å². The van der Waals surface area contributed by atoms with Crippen molar-refractivity contribution in [3.8, 4) is 0 Å². The summed E-state index contributed by atoms with van der Waals surface area (Å²) in [6.45, 7) is 4.21. The van der Waals surface area contributed by atoms with Crippen LogP contribution in [0, 0.1) is 5.92 Å². The summed E-state index contributed by atoms with van der Waals surface area (Å²) in [5, 5.41) is 13.5. The van der Waals surface area contributed by atoms with Crippen molar-refractivity contribution in [1.29, 1.82) is 0 Å². The van der Waals surface area contributed by atoms with Crippen molar-refractivity contribution in [3.63, 3.8) is 0 Å². The van der Waals surface area contributed by atoms with Crippen molar-refractivity contribution < 1.29 is 5.11 Å². The van der Waals surface area contributed by atoms with E-state index in [9.17, 15) is 5.11 Å². The monoisotopic (exact) mass is 265 g/mol. The number of hydrogen-bond donors (Lipinski definition) is 1. The first-order chi connectivity index (χ1) is 9.24. The molecule has 1 aliphatic carbocycles. The molecular weight excluding hydrogens is 238 g/mol. The molecule has 1 aromatic heterocycles. The van der Waals surface area contributed by atoms with E-state index >= 15 is 0 Å². The highest BCUT2D eigenvalue weighted by Gasteiger charge is 2.25. The molecule has 1 aromatic rings. The van der Waals surface area contributed by atoms with Crippen LogP contribution in [0.4, 0.5) is 0 Å². The lowest BCUT2D eigenvalue weighted by Gasteiger charge is -2.36. The van der Waals surface area contributed by atoms with Gasteiger partial charge in [-0.25, -0.2) is 0 Å². The minimum absolute atomic E-state index is 0.242. The molecule has 1 saturated carbocycles. The van der Waals surface area contributed by atoms with Gasteiger partial charge < -0.3 is 5.11 Å². The first-order valence-corrected chi connectivity index (χ1v) is 7.56. The summed E-state index contributed by atoms with van der Waals surface area (Å²) in [6.07, 6.45) is 8.39. The molecule has 1 heterocycles. The number of hydrogen-bond acceptors (Lipinski definition) is 3. The Morgan fingerprint density at radius 2 is 2.11 bits per heavy atom. The highest BCUT2D eigenvalue weighted by molar-refractivity contribution is 5.00. The topological polar surface area (TPSA) is 41.3 Å². The fraction of sp³-hybridized carbons (Fsp3) is 0.800. The Hall–Kier alpha value is -0.870. The predicted molar refractivity (Wildman–Crippen MR) is 76.7 cm³/mol. The van der Waals surface area contributed by atoms with Crippen LogP contribution in [0.25, 0.3) is 0 Å². The van der Waals surface area contributed by atoms with Gasteiger partial charge in [-0.2, -0.15) is 5.10 Å². The van der Waals surface area contributed by atoms with E-state index in [1.54, 1.807) is 0 Å². The number of rotatable bonds is 6. The summed E-state index contributed by atoms with van der Waals surface area (Å²) in [7, 11) is 1.99. The van der Waals surface area contributed by atoms with Gasteiger partial charge in [0.1, 0.15) is 0 Å². The summed E-state index contributed by atoms with van der Waals surface area (Å²) in [5.74, 6) is 0.920. The Bertz CT molecular complexity index is 369. The van der Waals surface area contributed by atoms with E-state index in [4.69, 9.17) is 0 Å². The van der Waals surface area contributed by atoms with Crippen molar-refractivity contribution in [2.75, 3.05) is 13.2 Å². The quantitative estimate of drug-likeness (QED) is 0.857. The normalized spacial score (nSPS) is 24.0. The summed E-state index contributed by atoms with van der Waals surface area (Å²) in [4.78, 5) is 2.43. The van der Waals surface area contributed by atoms with Crippen LogP contribution < -0.4 is 0 Å². The average Bonchev–Trinajstić information content (AvgIpc) is 2.84. The summed E-state index contributed by atoms with van der Waals surface area (Å²) in [6, 6.07) is 2.70. The van der Waals surface area contributed by atoms with Crippen LogP contribution in [0.3, 0.4) is 0 Å². The fourth-order valence-corrected chi connectivity index (χ4v) is 3.20. The molecule has 19 heavy (non-hydrogen) atoms. The lowest BCUT2D eigenvalue weighted by atomic mass is 9.84. The molecular formula is C15H27N3O. The molecule has 4 nitrogen and oxygen atoms in total. The lowest BCUT2D eigenvalue weighted by molar-refractivity contribution is 0.101. The minimum atomic E-state index is 0.242. The van der Waals surface area contributed by atoms with Gasteiger partial charge in [0, 0.05) is 32.4 Å². The number of aliphatic hydroxyl groups excluding tert-OH is 1. The first-order valence-electron chi connectivity index (χ1n) is 7.56. The van der Waals surface area contributed by atoms with Gasteiger partial charge in [-0.3, -0.25) is 9.58 Å². The molecule has 4 heteroatoms. The Morgan fingerprint density at radius 1 is 1.37 bits per heavy atom. The molecule has 0 aromatic carbocycles. The zero-order chi connectivity index (χ0) is 13.7. The molecule has 1 fully saturated rings. The van der Waals surface area contributed by atoms with Gasteiger partial charge in [-0.1, -0.05) is 13.3 Å². The van der Waals surface area contributed by atoms with E-state index in [1.165, 1.54) is 37.8 Å². The second-order valence-electron chi connectivity index (χ2n) is 5.72. The van der Waals surface area contributed by atoms with Gasteiger partial charge in [-0.15, -0.1) is 0 Å². The Kier molecular flexibility index (Phi) is 5.40. The van der Waals surface area contributed by atoms with Crippen LogP contribution >= 0.6 is 0 Å². The van der Waals surface area contributed by atoms with Gasteiger partial charge in [0.25, 0.3) is 0 Å². The fourth-order valence-electron chi connectivity index (χ4n) is 3.20. The molecule has 0 aliphatic heterocycles. The third-order valence-electron chi connectivity index (χ3n) is 4.58. The molecule has 1 N–H and O–H groups in total. The zero-order valence-corrected chi connectivity index (χ0v) is 12.3. The molecule has 0 radical (unpaired) electrons. The zero-order valence-electron chi connectivity index (χ0n) is 12.3. The molecule has 0 saturated heterocycles. The summed E-state index contributed by atoms with van der Waals surface area (Å²) >= 11 is 0. The van der Waals surface area contributed by atoms with Crippen LogP contribution in [0.2, 0.25) is 0 Å². The van der Waals surface area contributed by atoms with Crippen molar-refractivity contribution in [2.24, 2.45) is 13.0 Å². The number of aliphatic hydroxyl groups is 1. The van der Waals surface area contributed by atoms with Crippen LogP contribution in [-0.2, 0) is 13.6 Å². The number of aromatic nitrogens is 2. The number of aryl methyl sites for hydroxylation is 1. The van der Waals surface area contributed by atoms with Gasteiger partial charge in [0.15, 0.2) is 0 Å². The van der Waals surface area contributed by atoms with Crippen LogP contribution in [0.5, 0.6) is 0 Å². The van der Waals surface area contributed by atoms with E-state index in [0.717, 1.165) is 19.0 Å². The smallest absolute Gasteiger partial charge is 0.0558 e. The van der Waals surface area contributed by atoms with Crippen molar-refractivity contribution >= 4 is 0 Å². The van der Waals surface area contributed by atoms with E-state index in [0.29, 0.717) is 6.04 Å². The van der Waals surface area contributed by atoms with E-state index in [2.05, 4.69) is 23.0 Å². The average molecular weight is 265 g/mol. The van der Waals surface area contributed by atoms with Gasteiger partial charge >= 0.3 is 0 Å². The molecule has 0 amide bonds. The van der Waals surface area contributed by atoms with Crippen LogP contribution in [-0.4, -0.2) is 39.0 Å². The highest BCUT2D eigenvalue weighted by atomic mass is 16.3. The van der Waals surface area contributed by atoms with Gasteiger partial charge in [-0.05, 0) is 37.7 Å². The molecule has 0 unspecified atom stereocenters. The Balaban J connectivity index is 1.94. The standard InChI is InChI=1S/C15H27N3O/c1-3-13-4-6-14(7-5-13)18(10-11-19)12-15-8-9-16-17(15)2/h8-9,13-14,19H,3-7,10-12H2,1-2H3. The van der Waals surface area contributed by atoms with Crippen molar-refractivity contribution in [3.05, 3.63) is 18.0 Å². The third kappa shape index (κ3) is 3.80. The SMILES string of the molecule is CCC1CCC(N(CCO)Cc2ccnn2C)CC1. The second-order valence-corrected chi connectivity index (χ2v) is 5.72. The van der Waals surface area contributed by atoms with Crippen molar-refractivity contribution in [1.82, 2.24) is 14.7 Å². The minimum Gasteiger partial charge on any atom is -0.395 e. The first kappa shape index (κ1) is 14.5. The molecule has 0 bridgehead atoms. The van der Waals surface area contributed by atoms with Crippen LogP contribution in [0.1, 0.15) is 44.7 Å². The predicted octanol–water partition coefficient (Wildman–Crippen LogP) is 2.18. The summed E-state index contributed by atoms with van der Waals surface area (Å²) < 4.78 is 1.93. The molecule has 0 spiro atoms. The van der Waals surface area contributed by atoms with Gasteiger partial charge in [0.05, 0.1) is 12.3 Å².